The van der Waals surface area contributed by atoms with Gasteiger partial charge in [0.25, 0.3) is 0 Å². The molecule has 0 rings (SSSR count). The highest BCUT2D eigenvalue weighted by Crippen LogP contribution is 2.19. The Morgan fingerprint density at radius 3 is 0.710 bits per heavy atom. The second-order valence-electron chi connectivity index (χ2n) is 22.6. The topological polar surface area (TPSA) is 78.9 Å². The molecule has 6 nitrogen and oxygen atoms in total. The zero-order chi connectivity index (χ0) is 50.4. The van der Waals surface area contributed by atoms with E-state index in [0.717, 1.165) is 69.6 Å². The van der Waals surface area contributed by atoms with Crippen LogP contribution in [0.2, 0.25) is 0 Å². The number of hydrogen-bond acceptors (Lipinski definition) is 6. The van der Waals surface area contributed by atoms with Crippen molar-refractivity contribution in [2.75, 3.05) is 13.2 Å². The van der Waals surface area contributed by atoms with E-state index in [1.54, 1.807) is 0 Å². The van der Waals surface area contributed by atoms with Gasteiger partial charge in [-0.2, -0.15) is 0 Å². The summed E-state index contributed by atoms with van der Waals surface area (Å²) in [6.07, 6.45) is 61.0. The monoisotopic (exact) mass is 975 g/mol. The largest absolute Gasteiger partial charge is 0.462 e. The van der Waals surface area contributed by atoms with E-state index in [4.69, 9.17) is 14.2 Å². The predicted molar refractivity (Wildman–Crippen MR) is 298 cm³/mol. The molecular formula is C63H122O6. The zero-order valence-electron chi connectivity index (χ0n) is 47.5. The molecule has 0 aliphatic heterocycles. The van der Waals surface area contributed by atoms with E-state index in [2.05, 4.69) is 34.6 Å². The fourth-order valence-electron chi connectivity index (χ4n) is 9.76. The fourth-order valence-corrected chi connectivity index (χ4v) is 9.76. The van der Waals surface area contributed by atoms with Crippen LogP contribution in [-0.2, 0) is 28.6 Å². The van der Waals surface area contributed by atoms with Crippen molar-refractivity contribution < 1.29 is 28.6 Å². The first-order chi connectivity index (χ1) is 33.7. The number of carbonyl (C=O) groups is 3. The summed E-state index contributed by atoms with van der Waals surface area (Å²) in [5, 5.41) is 0. The lowest BCUT2D eigenvalue weighted by Crippen LogP contribution is -2.30. The summed E-state index contributed by atoms with van der Waals surface area (Å²) in [4.78, 5) is 38.2. The van der Waals surface area contributed by atoms with Gasteiger partial charge in [-0.25, -0.2) is 0 Å². The molecule has 0 fully saturated rings. The Morgan fingerprint density at radius 2 is 0.478 bits per heavy atom. The van der Waals surface area contributed by atoms with Crippen LogP contribution in [0.25, 0.3) is 0 Å². The molecule has 0 aromatic rings. The maximum atomic E-state index is 12.9. The molecule has 0 saturated heterocycles. The Hall–Kier alpha value is -1.59. The number of carbonyl (C=O) groups excluding carboxylic acids is 3. The highest BCUT2D eigenvalue weighted by atomic mass is 16.6. The second-order valence-corrected chi connectivity index (χ2v) is 22.6. The standard InChI is InChI=1S/C63H122O6/c1-6-7-8-9-10-11-12-13-23-28-33-38-43-48-53-61(64)67-56-60(69-63(66)55-50-45-40-35-30-25-20-22-27-32-37-42-47-52-59(4)5)57-68-62(65)54-49-44-39-34-29-24-19-17-15-14-16-18-21-26-31-36-41-46-51-58(2)3/h58-60H,6-57H2,1-5H3/t60-/m0/s1. The Morgan fingerprint density at radius 1 is 0.275 bits per heavy atom. The van der Waals surface area contributed by atoms with Crippen molar-refractivity contribution in [3.05, 3.63) is 0 Å². The van der Waals surface area contributed by atoms with Gasteiger partial charge in [0.05, 0.1) is 0 Å². The van der Waals surface area contributed by atoms with Crippen molar-refractivity contribution in [3.8, 4) is 0 Å². The van der Waals surface area contributed by atoms with Crippen LogP contribution < -0.4 is 0 Å². The lowest BCUT2D eigenvalue weighted by Gasteiger charge is -2.18. The summed E-state index contributed by atoms with van der Waals surface area (Å²) in [5.41, 5.74) is 0. The first-order valence-electron chi connectivity index (χ1n) is 31.2. The number of rotatable bonds is 57. The van der Waals surface area contributed by atoms with Crippen LogP contribution in [0.15, 0.2) is 0 Å². The molecule has 410 valence electrons. The number of hydrogen-bond donors (Lipinski definition) is 0. The molecular weight excluding hydrogens is 853 g/mol. The number of esters is 3. The molecule has 6 heteroatoms. The molecule has 1 atom stereocenters. The van der Waals surface area contributed by atoms with Crippen LogP contribution in [0.1, 0.15) is 356 Å². The minimum absolute atomic E-state index is 0.0620. The third-order valence-electron chi connectivity index (χ3n) is 14.5. The van der Waals surface area contributed by atoms with Gasteiger partial charge >= 0.3 is 17.9 Å². The third-order valence-corrected chi connectivity index (χ3v) is 14.5. The van der Waals surface area contributed by atoms with E-state index in [1.165, 1.54) is 244 Å². The fraction of sp³-hybridized carbons (Fsp3) is 0.952. The first-order valence-corrected chi connectivity index (χ1v) is 31.2. The maximum absolute atomic E-state index is 12.9. The van der Waals surface area contributed by atoms with Gasteiger partial charge in [-0.3, -0.25) is 14.4 Å². The summed E-state index contributed by atoms with van der Waals surface area (Å²) in [7, 11) is 0. The second kappa shape index (κ2) is 55.7. The summed E-state index contributed by atoms with van der Waals surface area (Å²) < 4.78 is 16.9. The van der Waals surface area contributed by atoms with Crippen LogP contribution in [-0.4, -0.2) is 37.2 Å². The average Bonchev–Trinajstić information content (AvgIpc) is 3.32. The van der Waals surface area contributed by atoms with E-state index in [-0.39, 0.29) is 31.1 Å². The van der Waals surface area contributed by atoms with Crippen molar-refractivity contribution in [2.24, 2.45) is 11.8 Å². The normalized spacial score (nSPS) is 12.0. The van der Waals surface area contributed by atoms with Gasteiger partial charge in [0.15, 0.2) is 6.10 Å². The van der Waals surface area contributed by atoms with Crippen molar-refractivity contribution in [1.82, 2.24) is 0 Å². The van der Waals surface area contributed by atoms with Gasteiger partial charge in [0.1, 0.15) is 13.2 Å². The lowest BCUT2D eigenvalue weighted by molar-refractivity contribution is -0.167. The summed E-state index contributed by atoms with van der Waals surface area (Å²) in [6, 6.07) is 0. The summed E-state index contributed by atoms with van der Waals surface area (Å²) in [6.45, 7) is 11.4. The molecule has 0 amide bonds. The predicted octanol–water partition coefficient (Wildman–Crippen LogP) is 20.8. The van der Waals surface area contributed by atoms with Gasteiger partial charge in [-0.1, -0.05) is 317 Å². The Kier molecular flexibility index (Phi) is 54.4. The van der Waals surface area contributed by atoms with E-state index < -0.39 is 6.10 Å². The van der Waals surface area contributed by atoms with Crippen LogP contribution in [0, 0.1) is 11.8 Å². The molecule has 0 bridgehead atoms. The number of ether oxygens (including phenoxy) is 3. The van der Waals surface area contributed by atoms with E-state index >= 15 is 0 Å². The van der Waals surface area contributed by atoms with Gasteiger partial charge in [0.2, 0.25) is 0 Å². The van der Waals surface area contributed by atoms with Crippen LogP contribution in [0.5, 0.6) is 0 Å². The zero-order valence-corrected chi connectivity index (χ0v) is 47.5. The molecule has 0 saturated carbocycles. The molecule has 69 heavy (non-hydrogen) atoms. The molecule has 0 heterocycles. The van der Waals surface area contributed by atoms with Crippen LogP contribution in [0.4, 0.5) is 0 Å². The van der Waals surface area contributed by atoms with Crippen molar-refractivity contribution >= 4 is 17.9 Å². The molecule has 0 aromatic carbocycles. The summed E-state index contributed by atoms with van der Waals surface area (Å²) in [5.74, 6) is 0.864. The lowest BCUT2D eigenvalue weighted by atomic mass is 10.0. The molecule has 0 aromatic heterocycles. The molecule has 0 radical (unpaired) electrons. The van der Waals surface area contributed by atoms with Crippen LogP contribution in [0.3, 0.4) is 0 Å². The third kappa shape index (κ3) is 57.2. The van der Waals surface area contributed by atoms with E-state index in [9.17, 15) is 14.4 Å². The van der Waals surface area contributed by atoms with Gasteiger partial charge in [-0.05, 0) is 31.1 Å². The van der Waals surface area contributed by atoms with Gasteiger partial charge in [0, 0.05) is 19.3 Å². The highest BCUT2D eigenvalue weighted by Gasteiger charge is 2.19. The quantitative estimate of drug-likeness (QED) is 0.0343. The van der Waals surface area contributed by atoms with Crippen molar-refractivity contribution in [2.45, 2.75) is 362 Å². The molecule has 0 unspecified atom stereocenters. The average molecular weight is 976 g/mol. The van der Waals surface area contributed by atoms with E-state index in [0.29, 0.717) is 19.3 Å². The van der Waals surface area contributed by atoms with Crippen molar-refractivity contribution in [3.63, 3.8) is 0 Å². The van der Waals surface area contributed by atoms with Crippen molar-refractivity contribution in [1.29, 1.82) is 0 Å². The molecule has 0 aliphatic carbocycles. The van der Waals surface area contributed by atoms with Gasteiger partial charge in [-0.15, -0.1) is 0 Å². The molecule has 0 aliphatic rings. The minimum atomic E-state index is -0.763. The van der Waals surface area contributed by atoms with Gasteiger partial charge < -0.3 is 14.2 Å². The smallest absolute Gasteiger partial charge is 0.306 e. The Balaban J connectivity index is 4.26. The first kappa shape index (κ1) is 67.4. The van der Waals surface area contributed by atoms with E-state index in [1.807, 2.05) is 0 Å². The number of unbranched alkanes of at least 4 members (excludes halogenated alkanes) is 42. The summed E-state index contributed by atoms with van der Waals surface area (Å²) >= 11 is 0. The van der Waals surface area contributed by atoms with Crippen LogP contribution >= 0.6 is 0 Å². The highest BCUT2D eigenvalue weighted by molar-refractivity contribution is 5.71. The maximum Gasteiger partial charge on any atom is 0.306 e. The Bertz CT molecular complexity index is 1060. The SMILES string of the molecule is CCCCCCCCCCCCCCCCC(=O)OC[C@@H](COC(=O)CCCCCCCCCCCCCCCCCCCCC(C)C)OC(=O)CCCCCCCCCCCCCCCC(C)C. The minimum Gasteiger partial charge on any atom is -0.462 e. The molecule has 0 spiro atoms. The Labute approximate surface area is 431 Å². The molecule has 0 N–H and O–H groups in total.